The summed E-state index contributed by atoms with van der Waals surface area (Å²) >= 11 is 1.25. The molecule has 0 aliphatic carbocycles. The van der Waals surface area contributed by atoms with E-state index in [4.69, 9.17) is 5.73 Å². The summed E-state index contributed by atoms with van der Waals surface area (Å²) in [4.78, 5) is 25.8. The van der Waals surface area contributed by atoms with Gasteiger partial charge in [-0.25, -0.2) is 10.4 Å². The van der Waals surface area contributed by atoms with Gasteiger partial charge in [-0.3, -0.25) is 14.9 Å². The van der Waals surface area contributed by atoms with Crippen LogP contribution < -0.4 is 11.2 Å². The van der Waals surface area contributed by atoms with Crippen molar-refractivity contribution in [2.24, 2.45) is 5.10 Å². The summed E-state index contributed by atoms with van der Waals surface area (Å²) in [5.74, 6) is -0.380. The normalized spacial score (nSPS) is 10.7. The second-order valence-corrected chi connectivity index (χ2v) is 4.85. The monoisotopic (exact) mass is 305 g/mol. The number of thiazole rings is 1. The van der Waals surface area contributed by atoms with Crippen molar-refractivity contribution in [1.82, 2.24) is 10.4 Å². The molecule has 108 valence electrons. The van der Waals surface area contributed by atoms with Crippen LogP contribution in [0.5, 0.6) is 0 Å². The summed E-state index contributed by atoms with van der Waals surface area (Å²) in [5, 5.41) is 16.6. The molecule has 0 atom stereocenters. The fourth-order valence-electron chi connectivity index (χ4n) is 1.54. The Morgan fingerprint density at radius 1 is 1.52 bits per heavy atom. The Labute approximate surface area is 123 Å². The van der Waals surface area contributed by atoms with Crippen LogP contribution >= 0.6 is 11.3 Å². The lowest BCUT2D eigenvalue weighted by atomic mass is 10.2. The van der Waals surface area contributed by atoms with Gasteiger partial charge in [-0.15, -0.1) is 11.3 Å². The molecule has 0 saturated heterocycles. The first kappa shape index (κ1) is 14.6. The van der Waals surface area contributed by atoms with E-state index in [0.29, 0.717) is 16.4 Å². The van der Waals surface area contributed by atoms with Gasteiger partial charge in [0.15, 0.2) is 5.13 Å². The van der Waals surface area contributed by atoms with Crippen molar-refractivity contribution in [3.63, 3.8) is 0 Å². The SMILES string of the molecule is Nc1nc(CC(=O)N/N=C\c2ccccc2[N+](=O)[O-])cs1. The number of nitrogens with zero attached hydrogens (tertiary/aromatic N) is 3. The summed E-state index contributed by atoms with van der Waals surface area (Å²) in [7, 11) is 0. The van der Waals surface area contributed by atoms with Crippen molar-refractivity contribution >= 4 is 34.3 Å². The highest BCUT2D eigenvalue weighted by molar-refractivity contribution is 7.13. The topological polar surface area (TPSA) is 124 Å². The van der Waals surface area contributed by atoms with Gasteiger partial charge in [0.05, 0.1) is 28.8 Å². The number of nitrogens with one attached hydrogen (secondary N) is 1. The second kappa shape index (κ2) is 6.57. The second-order valence-electron chi connectivity index (χ2n) is 3.96. The van der Waals surface area contributed by atoms with Gasteiger partial charge in [-0.05, 0) is 6.07 Å². The minimum atomic E-state index is -0.513. The molecule has 8 nitrogen and oxygen atoms in total. The summed E-state index contributed by atoms with van der Waals surface area (Å²) in [6.07, 6.45) is 1.27. The number of rotatable bonds is 5. The van der Waals surface area contributed by atoms with E-state index < -0.39 is 4.92 Å². The molecule has 0 aliphatic rings. The van der Waals surface area contributed by atoms with Crippen LogP contribution in [0.3, 0.4) is 0 Å². The lowest BCUT2D eigenvalue weighted by Crippen LogP contribution is -2.20. The maximum absolute atomic E-state index is 11.6. The molecule has 2 aromatic rings. The van der Waals surface area contributed by atoms with Crippen molar-refractivity contribution in [3.8, 4) is 0 Å². The van der Waals surface area contributed by atoms with Gasteiger partial charge in [0, 0.05) is 11.4 Å². The van der Waals surface area contributed by atoms with Crippen LogP contribution in [0.15, 0.2) is 34.7 Å². The maximum Gasteiger partial charge on any atom is 0.278 e. The number of carbonyl (C=O) groups is 1. The number of hydrazone groups is 1. The first-order valence-corrected chi connectivity index (χ1v) is 6.69. The molecule has 0 radical (unpaired) electrons. The summed E-state index contributed by atoms with van der Waals surface area (Å²) in [6.45, 7) is 0. The zero-order valence-corrected chi connectivity index (χ0v) is 11.5. The zero-order chi connectivity index (χ0) is 15.2. The Hall–Kier alpha value is -2.81. The Bertz CT molecular complexity index is 698. The van der Waals surface area contributed by atoms with Crippen LogP contribution in [0.1, 0.15) is 11.3 Å². The van der Waals surface area contributed by atoms with E-state index in [-0.39, 0.29) is 18.0 Å². The van der Waals surface area contributed by atoms with Crippen LogP contribution in [0.2, 0.25) is 0 Å². The van der Waals surface area contributed by atoms with Crippen molar-refractivity contribution in [2.75, 3.05) is 5.73 Å². The van der Waals surface area contributed by atoms with Crippen molar-refractivity contribution in [2.45, 2.75) is 6.42 Å². The third kappa shape index (κ3) is 4.08. The molecule has 0 spiro atoms. The number of nitrogen functional groups attached to an aromatic ring is 1. The summed E-state index contributed by atoms with van der Waals surface area (Å²) < 4.78 is 0. The van der Waals surface area contributed by atoms with Crippen molar-refractivity contribution in [1.29, 1.82) is 0 Å². The number of para-hydroxylation sites is 1. The molecule has 0 bridgehead atoms. The molecule has 2 rings (SSSR count). The average molecular weight is 305 g/mol. The standard InChI is InChI=1S/C12H11N5O3S/c13-12-15-9(7-21-12)5-11(18)16-14-6-8-3-1-2-4-10(8)17(19)20/h1-4,6-7H,5H2,(H2,13,15)(H,16,18)/b14-6-. The highest BCUT2D eigenvalue weighted by Crippen LogP contribution is 2.15. The smallest absolute Gasteiger partial charge is 0.278 e. The zero-order valence-electron chi connectivity index (χ0n) is 10.7. The molecule has 1 amide bonds. The lowest BCUT2D eigenvalue weighted by Gasteiger charge is -1.98. The minimum absolute atomic E-state index is 0.0436. The number of hydrogen-bond donors (Lipinski definition) is 2. The quantitative estimate of drug-likeness (QED) is 0.490. The molecule has 9 heteroatoms. The van der Waals surface area contributed by atoms with Gasteiger partial charge in [0.1, 0.15) is 0 Å². The highest BCUT2D eigenvalue weighted by atomic mass is 32.1. The van der Waals surface area contributed by atoms with Gasteiger partial charge in [0.25, 0.3) is 5.69 Å². The molecule has 21 heavy (non-hydrogen) atoms. The number of carbonyl (C=O) groups excluding carboxylic acids is 1. The van der Waals surface area contributed by atoms with E-state index >= 15 is 0 Å². The van der Waals surface area contributed by atoms with E-state index in [1.165, 1.54) is 29.7 Å². The summed E-state index contributed by atoms with van der Waals surface area (Å²) in [6, 6.07) is 6.10. The van der Waals surface area contributed by atoms with E-state index in [0.717, 1.165) is 0 Å². The summed E-state index contributed by atoms with van der Waals surface area (Å²) in [5.41, 5.74) is 8.52. The highest BCUT2D eigenvalue weighted by Gasteiger charge is 2.10. The Balaban J connectivity index is 1.96. The van der Waals surface area contributed by atoms with Crippen LogP contribution in [-0.2, 0) is 11.2 Å². The van der Waals surface area contributed by atoms with Gasteiger partial charge < -0.3 is 5.73 Å². The van der Waals surface area contributed by atoms with Crippen molar-refractivity contribution in [3.05, 3.63) is 51.0 Å². The molecule has 1 aromatic carbocycles. The molecular weight excluding hydrogens is 294 g/mol. The lowest BCUT2D eigenvalue weighted by molar-refractivity contribution is -0.385. The number of amides is 1. The Morgan fingerprint density at radius 2 is 2.29 bits per heavy atom. The number of nitrogens with two attached hydrogens (primary N) is 1. The van der Waals surface area contributed by atoms with Crippen molar-refractivity contribution < 1.29 is 9.72 Å². The first-order chi connectivity index (χ1) is 10.1. The number of aromatic nitrogens is 1. The molecule has 0 fully saturated rings. The van der Waals surface area contributed by atoms with Crippen LogP contribution in [0, 0.1) is 10.1 Å². The van der Waals surface area contributed by atoms with E-state index in [1.54, 1.807) is 17.5 Å². The van der Waals surface area contributed by atoms with Crippen LogP contribution in [0.25, 0.3) is 0 Å². The minimum Gasteiger partial charge on any atom is -0.375 e. The molecule has 0 unspecified atom stereocenters. The van der Waals surface area contributed by atoms with E-state index in [2.05, 4.69) is 15.5 Å². The van der Waals surface area contributed by atoms with E-state index in [9.17, 15) is 14.9 Å². The average Bonchev–Trinajstić information content (AvgIpc) is 2.84. The number of hydrogen-bond acceptors (Lipinski definition) is 7. The maximum atomic E-state index is 11.6. The largest absolute Gasteiger partial charge is 0.375 e. The van der Waals surface area contributed by atoms with Crippen LogP contribution in [-0.4, -0.2) is 22.0 Å². The molecule has 1 heterocycles. The van der Waals surface area contributed by atoms with Gasteiger partial charge in [0.2, 0.25) is 5.91 Å². The number of nitro groups is 1. The number of benzene rings is 1. The predicted molar refractivity (Wildman–Crippen MR) is 79.1 cm³/mol. The fraction of sp³-hybridized carbons (Fsp3) is 0.0833. The van der Waals surface area contributed by atoms with E-state index in [1.807, 2.05) is 0 Å². The van der Waals surface area contributed by atoms with Gasteiger partial charge in [-0.1, -0.05) is 12.1 Å². The molecular formula is C12H11N5O3S. The Kier molecular flexibility index (Phi) is 4.57. The van der Waals surface area contributed by atoms with Gasteiger partial charge >= 0.3 is 0 Å². The third-order valence-electron chi connectivity index (χ3n) is 2.44. The Morgan fingerprint density at radius 3 is 2.95 bits per heavy atom. The van der Waals surface area contributed by atoms with Gasteiger partial charge in [-0.2, -0.15) is 5.10 Å². The number of anilines is 1. The molecule has 0 aliphatic heterocycles. The first-order valence-electron chi connectivity index (χ1n) is 5.81. The molecule has 0 saturated carbocycles. The number of nitro benzene ring substituents is 1. The predicted octanol–water partition coefficient (Wildman–Crippen LogP) is 1.33. The fourth-order valence-corrected chi connectivity index (χ4v) is 2.11. The molecule has 3 N–H and O–H groups in total. The van der Waals surface area contributed by atoms with Crippen LogP contribution in [0.4, 0.5) is 10.8 Å². The molecule has 1 aromatic heterocycles. The third-order valence-corrected chi connectivity index (χ3v) is 3.16.